The molecule has 0 saturated carbocycles. The van der Waals surface area contributed by atoms with Gasteiger partial charge in [0.15, 0.2) is 0 Å². The number of hydrogen-bond acceptors (Lipinski definition) is 4. The Hall–Kier alpha value is -1.89. The van der Waals surface area contributed by atoms with E-state index in [1.54, 1.807) is 6.33 Å². The van der Waals surface area contributed by atoms with Crippen molar-refractivity contribution in [2.24, 2.45) is 5.41 Å². The summed E-state index contributed by atoms with van der Waals surface area (Å²) in [6.07, 6.45) is 7.41. The number of aromatic nitrogens is 2. The number of hydrogen-bond donors (Lipinski definition) is 1. The zero-order valence-corrected chi connectivity index (χ0v) is 15.9. The molecular formula is C19H30N4O3. The fourth-order valence-corrected chi connectivity index (χ4v) is 4.17. The number of nitrogens with zero attached hydrogens (tertiary/aromatic N) is 3. The molecule has 1 spiro atoms. The first-order valence-electron chi connectivity index (χ1n) is 9.68. The second-order valence-corrected chi connectivity index (χ2v) is 7.56. The maximum Gasteiger partial charge on any atom is 0.251 e. The van der Waals surface area contributed by atoms with Crippen LogP contribution in [-0.2, 0) is 20.7 Å². The number of nitrogens with one attached hydrogen (secondary N) is 1. The number of ether oxygens (including phenoxy) is 1. The smallest absolute Gasteiger partial charge is 0.251 e. The molecule has 0 aromatic carbocycles. The number of likely N-dealkylation sites (tertiary alicyclic amines) is 2. The van der Waals surface area contributed by atoms with Crippen molar-refractivity contribution in [3.63, 3.8) is 0 Å². The van der Waals surface area contributed by atoms with Gasteiger partial charge in [-0.05, 0) is 38.5 Å². The molecule has 0 aliphatic carbocycles. The van der Waals surface area contributed by atoms with Crippen LogP contribution in [0.25, 0.3) is 0 Å². The van der Waals surface area contributed by atoms with Gasteiger partial charge < -0.3 is 19.5 Å². The zero-order chi connectivity index (χ0) is 18.6. The van der Waals surface area contributed by atoms with Crippen molar-refractivity contribution < 1.29 is 14.3 Å². The first-order valence-corrected chi connectivity index (χ1v) is 9.68. The highest BCUT2D eigenvalue weighted by molar-refractivity contribution is 5.80. The lowest BCUT2D eigenvalue weighted by molar-refractivity contribution is -0.148. The minimum Gasteiger partial charge on any atom is -0.369 e. The second kappa shape index (κ2) is 8.20. The van der Waals surface area contributed by atoms with Crippen LogP contribution in [0.15, 0.2) is 12.5 Å². The van der Waals surface area contributed by atoms with Crippen LogP contribution in [0.5, 0.6) is 0 Å². The molecule has 144 valence electrons. The summed E-state index contributed by atoms with van der Waals surface area (Å²) < 4.78 is 5.44. The van der Waals surface area contributed by atoms with E-state index in [0.29, 0.717) is 13.0 Å². The molecule has 1 aromatic rings. The average molecular weight is 362 g/mol. The maximum absolute atomic E-state index is 12.4. The molecule has 2 aliphatic heterocycles. The third-order valence-corrected chi connectivity index (χ3v) is 5.85. The lowest BCUT2D eigenvalue weighted by Gasteiger charge is -2.47. The minimum absolute atomic E-state index is 0.0877. The van der Waals surface area contributed by atoms with Crippen molar-refractivity contribution in [1.29, 1.82) is 0 Å². The highest BCUT2D eigenvalue weighted by atomic mass is 16.5. The summed E-state index contributed by atoms with van der Waals surface area (Å²) in [7, 11) is 0. The lowest BCUT2D eigenvalue weighted by Crippen LogP contribution is -2.53. The van der Waals surface area contributed by atoms with Crippen molar-refractivity contribution in [2.45, 2.75) is 52.1 Å². The molecule has 3 heterocycles. The third kappa shape index (κ3) is 4.26. The van der Waals surface area contributed by atoms with Gasteiger partial charge in [-0.15, -0.1) is 0 Å². The fourth-order valence-electron chi connectivity index (χ4n) is 4.17. The summed E-state index contributed by atoms with van der Waals surface area (Å²) in [5, 5.41) is 0. The molecule has 0 unspecified atom stereocenters. The van der Waals surface area contributed by atoms with Gasteiger partial charge in [0.05, 0.1) is 6.33 Å². The van der Waals surface area contributed by atoms with Crippen molar-refractivity contribution >= 4 is 11.8 Å². The van der Waals surface area contributed by atoms with Gasteiger partial charge in [-0.1, -0.05) is 0 Å². The summed E-state index contributed by atoms with van der Waals surface area (Å²) in [5.41, 5.74) is 1.22. The number of aromatic amines is 1. The SMILES string of the molecule is CCO[C@H](C)C(=O)N1CCC2(CCC(=O)N(CCc3cnc[nH]3)C2)CC1. The number of carbonyl (C=O) groups is 2. The monoisotopic (exact) mass is 362 g/mol. The molecule has 7 heteroatoms. The molecule has 1 aromatic heterocycles. The normalized spacial score (nSPS) is 21.2. The molecule has 2 saturated heterocycles. The van der Waals surface area contributed by atoms with Crippen molar-refractivity contribution in [1.82, 2.24) is 19.8 Å². The van der Waals surface area contributed by atoms with E-state index in [-0.39, 0.29) is 23.3 Å². The summed E-state index contributed by atoms with van der Waals surface area (Å²) in [6, 6.07) is 0. The van der Waals surface area contributed by atoms with Gasteiger partial charge in [0.1, 0.15) is 6.10 Å². The first-order chi connectivity index (χ1) is 12.5. The van der Waals surface area contributed by atoms with Gasteiger partial charge in [0.2, 0.25) is 5.91 Å². The molecule has 2 fully saturated rings. The average Bonchev–Trinajstić information content (AvgIpc) is 3.16. The molecule has 2 amide bonds. The standard InChI is InChI=1S/C19H30N4O3/c1-3-26-15(2)18(25)22-10-7-19(8-11-22)6-4-17(24)23(13-19)9-5-16-12-20-14-21-16/h12,14-15H,3-11,13H2,1-2H3,(H,20,21)/t15-/m1/s1. The summed E-state index contributed by atoms with van der Waals surface area (Å²) >= 11 is 0. The zero-order valence-electron chi connectivity index (χ0n) is 15.9. The predicted molar refractivity (Wildman–Crippen MR) is 97.4 cm³/mol. The van der Waals surface area contributed by atoms with Crippen LogP contribution in [0, 0.1) is 5.41 Å². The Labute approximate surface area is 155 Å². The topological polar surface area (TPSA) is 78.5 Å². The number of carbonyl (C=O) groups excluding carboxylic acids is 2. The van der Waals surface area contributed by atoms with Gasteiger partial charge in [-0.25, -0.2) is 4.98 Å². The molecule has 1 N–H and O–H groups in total. The van der Waals surface area contributed by atoms with Gasteiger partial charge >= 0.3 is 0 Å². The van der Waals surface area contributed by atoms with E-state index in [4.69, 9.17) is 4.74 Å². The lowest BCUT2D eigenvalue weighted by atomic mass is 9.72. The summed E-state index contributed by atoms with van der Waals surface area (Å²) in [4.78, 5) is 35.8. The minimum atomic E-state index is -0.368. The van der Waals surface area contributed by atoms with Crippen LogP contribution >= 0.6 is 0 Å². The van der Waals surface area contributed by atoms with Gasteiger partial charge in [0.25, 0.3) is 5.91 Å². The Morgan fingerprint density at radius 3 is 2.81 bits per heavy atom. The van der Waals surface area contributed by atoms with Crippen LogP contribution < -0.4 is 0 Å². The second-order valence-electron chi connectivity index (χ2n) is 7.56. The van der Waals surface area contributed by atoms with Crippen molar-refractivity contribution in [2.75, 3.05) is 32.8 Å². The van der Waals surface area contributed by atoms with Crippen LogP contribution in [-0.4, -0.2) is 70.5 Å². The van der Waals surface area contributed by atoms with E-state index in [9.17, 15) is 9.59 Å². The van der Waals surface area contributed by atoms with Crippen LogP contribution in [0.4, 0.5) is 0 Å². The highest BCUT2D eigenvalue weighted by Gasteiger charge is 2.42. The van der Waals surface area contributed by atoms with Gasteiger partial charge in [-0.2, -0.15) is 0 Å². The van der Waals surface area contributed by atoms with E-state index in [2.05, 4.69) is 9.97 Å². The molecule has 2 aliphatic rings. The highest BCUT2D eigenvalue weighted by Crippen LogP contribution is 2.40. The largest absolute Gasteiger partial charge is 0.369 e. The van der Waals surface area contributed by atoms with E-state index in [1.807, 2.05) is 29.8 Å². The number of piperidine rings is 2. The van der Waals surface area contributed by atoms with E-state index in [0.717, 1.165) is 57.6 Å². The van der Waals surface area contributed by atoms with E-state index < -0.39 is 0 Å². The maximum atomic E-state index is 12.4. The Morgan fingerprint density at radius 1 is 1.38 bits per heavy atom. The van der Waals surface area contributed by atoms with E-state index >= 15 is 0 Å². The fraction of sp³-hybridized carbons (Fsp3) is 0.737. The molecule has 3 rings (SSSR count). The number of rotatable bonds is 6. The Bertz CT molecular complexity index is 608. The Balaban J connectivity index is 1.54. The van der Waals surface area contributed by atoms with Gasteiger partial charge in [-0.3, -0.25) is 9.59 Å². The molecule has 0 radical (unpaired) electrons. The van der Waals surface area contributed by atoms with Crippen LogP contribution in [0.2, 0.25) is 0 Å². The third-order valence-electron chi connectivity index (χ3n) is 5.85. The van der Waals surface area contributed by atoms with Crippen LogP contribution in [0.3, 0.4) is 0 Å². The molecule has 7 nitrogen and oxygen atoms in total. The number of amides is 2. The first kappa shape index (κ1) is 18.9. The van der Waals surface area contributed by atoms with Crippen LogP contribution in [0.1, 0.15) is 45.2 Å². The molecular weight excluding hydrogens is 332 g/mol. The van der Waals surface area contributed by atoms with E-state index in [1.165, 1.54) is 0 Å². The van der Waals surface area contributed by atoms with Gasteiger partial charge in [0, 0.05) is 57.5 Å². The summed E-state index contributed by atoms with van der Waals surface area (Å²) in [5.74, 6) is 0.336. The number of imidazole rings is 1. The predicted octanol–water partition coefficient (Wildman–Crippen LogP) is 1.61. The summed E-state index contributed by atoms with van der Waals surface area (Å²) in [6.45, 7) is 7.35. The Morgan fingerprint density at radius 2 is 2.15 bits per heavy atom. The number of H-pyrrole nitrogens is 1. The molecule has 26 heavy (non-hydrogen) atoms. The van der Waals surface area contributed by atoms with Crippen molar-refractivity contribution in [3.8, 4) is 0 Å². The molecule has 0 bridgehead atoms. The Kier molecular flexibility index (Phi) is 5.96. The van der Waals surface area contributed by atoms with Crippen molar-refractivity contribution in [3.05, 3.63) is 18.2 Å². The quantitative estimate of drug-likeness (QED) is 0.834. The molecule has 1 atom stereocenters.